The Labute approximate surface area is 83.6 Å². The molecule has 1 unspecified atom stereocenters. The first-order chi connectivity index (χ1) is 6.75. The highest BCUT2D eigenvalue weighted by Crippen LogP contribution is 2.20. The molecule has 0 aliphatic carbocycles. The van der Waals surface area contributed by atoms with Gasteiger partial charge in [0.15, 0.2) is 0 Å². The lowest BCUT2D eigenvalue weighted by atomic mass is 9.94. The summed E-state index contributed by atoms with van der Waals surface area (Å²) in [6.45, 7) is 0.538. The van der Waals surface area contributed by atoms with Crippen LogP contribution in [0.4, 0.5) is 0 Å². The fourth-order valence-electron chi connectivity index (χ4n) is 1.44. The van der Waals surface area contributed by atoms with Gasteiger partial charge in [-0.05, 0) is 24.9 Å². The predicted octanol–water partition coefficient (Wildman–Crippen LogP) is 1.59. The highest BCUT2D eigenvalue weighted by molar-refractivity contribution is 5.75. The summed E-state index contributed by atoms with van der Waals surface area (Å²) in [4.78, 5) is 11.0. The van der Waals surface area contributed by atoms with E-state index in [0.29, 0.717) is 13.0 Å². The summed E-state index contributed by atoms with van der Waals surface area (Å²) in [5.41, 5.74) is 6.22. The average Bonchev–Trinajstić information content (AvgIpc) is 2.19. The van der Waals surface area contributed by atoms with Gasteiger partial charge in [0, 0.05) is 0 Å². The van der Waals surface area contributed by atoms with Gasteiger partial charge in [-0.1, -0.05) is 30.3 Å². The van der Waals surface area contributed by atoms with Gasteiger partial charge in [0.25, 0.3) is 0 Å². The lowest BCUT2D eigenvalue weighted by molar-refractivity contribution is -0.139. The molecule has 0 heterocycles. The maximum atomic E-state index is 11.0. The van der Waals surface area contributed by atoms with Crippen LogP contribution in [0.1, 0.15) is 24.3 Å². The number of carbonyl (C=O) groups is 1. The Balaban J connectivity index is 2.73. The van der Waals surface area contributed by atoms with Crippen LogP contribution >= 0.6 is 0 Å². The van der Waals surface area contributed by atoms with E-state index in [9.17, 15) is 4.79 Å². The van der Waals surface area contributed by atoms with E-state index in [1.807, 2.05) is 30.3 Å². The molecule has 0 radical (unpaired) electrons. The molecule has 1 aromatic carbocycles. The Morgan fingerprint density at radius 2 is 2.00 bits per heavy atom. The van der Waals surface area contributed by atoms with E-state index in [2.05, 4.69) is 0 Å². The minimum Gasteiger partial charge on any atom is -0.481 e. The third kappa shape index (κ3) is 2.85. The van der Waals surface area contributed by atoms with Crippen molar-refractivity contribution in [3.63, 3.8) is 0 Å². The van der Waals surface area contributed by atoms with Crippen molar-refractivity contribution in [1.82, 2.24) is 0 Å². The van der Waals surface area contributed by atoms with Gasteiger partial charge in [-0.25, -0.2) is 0 Å². The molecule has 0 aromatic heterocycles. The van der Waals surface area contributed by atoms with Crippen LogP contribution in [0.2, 0.25) is 0 Å². The maximum Gasteiger partial charge on any atom is 0.310 e. The number of hydrogen-bond acceptors (Lipinski definition) is 2. The van der Waals surface area contributed by atoms with Crippen molar-refractivity contribution in [2.45, 2.75) is 18.8 Å². The topological polar surface area (TPSA) is 63.3 Å². The molecule has 0 aliphatic heterocycles. The van der Waals surface area contributed by atoms with Gasteiger partial charge in [-0.15, -0.1) is 0 Å². The van der Waals surface area contributed by atoms with Crippen LogP contribution in [-0.2, 0) is 4.79 Å². The Kier molecular flexibility index (Phi) is 4.13. The average molecular weight is 193 g/mol. The molecule has 0 aliphatic rings. The second-order valence-electron chi connectivity index (χ2n) is 3.23. The Morgan fingerprint density at radius 3 is 2.50 bits per heavy atom. The third-order valence-electron chi connectivity index (χ3n) is 2.20. The number of benzene rings is 1. The van der Waals surface area contributed by atoms with Crippen molar-refractivity contribution in [3.8, 4) is 0 Å². The fraction of sp³-hybridized carbons (Fsp3) is 0.364. The molecule has 1 aromatic rings. The molecule has 3 heteroatoms. The smallest absolute Gasteiger partial charge is 0.310 e. The molecule has 1 rings (SSSR count). The van der Waals surface area contributed by atoms with Crippen molar-refractivity contribution in [2.75, 3.05) is 6.54 Å². The van der Waals surface area contributed by atoms with Crippen molar-refractivity contribution < 1.29 is 9.90 Å². The van der Waals surface area contributed by atoms with E-state index in [1.54, 1.807) is 0 Å². The predicted molar refractivity (Wildman–Crippen MR) is 55.1 cm³/mol. The van der Waals surface area contributed by atoms with E-state index < -0.39 is 11.9 Å². The van der Waals surface area contributed by atoms with Crippen LogP contribution in [0.5, 0.6) is 0 Å². The van der Waals surface area contributed by atoms with E-state index >= 15 is 0 Å². The van der Waals surface area contributed by atoms with Crippen molar-refractivity contribution in [3.05, 3.63) is 35.9 Å². The summed E-state index contributed by atoms with van der Waals surface area (Å²) in [5.74, 6) is -1.19. The fourth-order valence-corrected chi connectivity index (χ4v) is 1.44. The molecule has 1 atom stereocenters. The van der Waals surface area contributed by atoms with Crippen molar-refractivity contribution in [1.29, 1.82) is 0 Å². The van der Waals surface area contributed by atoms with E-state index in [0.717, 1.165) is 12.0 Å². The van der Waals surface area contributed by atoms with Gasteiger partial charge in [-0.2, -0.15) is 0 Å². The largest absolute Gasteiger partial charge is 0.481 e. The molecular formula is C11H15NO2. The normalized spacial score (nSPS) is 12.4. The van der Waals surface area contributed by atoms with Crippen LogP contribution in [0.15, 0.2) is 30.3 Å². The number of nitrogens with two attached hydrogens (primary N) is 1. The van der Waals surface area contributed by atoms with E-state index in [1.165, 1.54) is 0 Å². The Hall–Kier alpha value is -1.35. The minimum absolute atomic E-state index is 0.417. The molecular weight excluding hydrogens is 178 g/mol. The number of carboxylic acids is 1. The van der Waals surface area contributed by atoms with Crippen molar-refractivity contribution >= 4 is 5.97 Å². The first-order valence-corrected chi connectivity index (χ1v) is 4.73. The van der Waals surface area contributed by atoms with Crippen LogP contribution in [0.25, 0.3) is 0 Å². The molecule has 14 heavy (non-hydrogen) atoms. The second kappa shape index (κ2) is 5.40. The monoisotopic (exact) mass is 193 g/mol. The quantitative estimate of drug-likeness (QED) is 0.746. The van der Waals surface area contributed by atoms with Gasteiger partial charge in [0.05, 0.1) is 5.92 Å². The summed E-state index contributed by atoms with van der Waals surface area (Å²) in [5, 5.41) is 9.01. The first-order valence-electron chi connectivity index (χ1n) is 4.73. The molecule has 0 amide bonds. The summed E-state index contributed by atoms with van der Waals surface area (Å²) in [6, 6.07) is 9.28. The van der Waals surface area contributed by atoms with Crippen LogP contribution in [0, 0.1) is 0 Å². The first kappa shape index (κ1) is 10.7. The summed E-state index contributed by atoms with van der Waals surface area (Å²) in [7, 11) is 0. The van der Waals surface area contributed by atoms with Crippen LogP contribution in [0.3, 0.4) is 0 Å². The SMILES string of the molecule is NCCCC(C(=O)O)c1ccccc1. The van der Waals surface area contributed by atoms with E-state index in [-0.39, 0.29) is 0 Å². The van der Waals surface area contributed by atoms with Gasteiger partial charge >= 0.3 is 5.97 Å². The number of aliphatic carboxylic acids is 1. The molecule has 0 bridgehead atoms. The molecule has 0 saturated carbocycles. The number of rotatable bonds is 5. The van der Waals surface area contributed by atoms with Crippen molar-refractivity contribution in [2.24, 2.45) is 5.73 Å². The lowest BCUT2D eigenvalue weighted by Gasteiger charge is -2.11. The number of hydrogen-bond donors (Lipinski definition) is 2. The second-order valence-corrected chi connectivity index (χ2v) is 3.23. The summed E-state index contributed by atoms with van der Waals surface area (Å²) >= 11 is 0. The molecule has 0 spiro atoms. The number of carboxylic acid groups (broad SMARTS) is 1. The molecule has 3 N–H and O–H groups in total. The minimum atomic E-state index is -0.773. The van der Waals surface area contributed by atoms with Gasteiger partial charge in [0.1, 0.15) is 0 Å². The maximum absolute atomic E-state index is 11.0. The zero-order valence-corrected chi connectivity index (χ0v) is 8.02. The molecule has 3 nitrogen and oxygen atoms in total. The summed E-state index contributed by atoms with van der Waals surface area (Å²) < 4.78 is 0. The lowest BCUT2D eigenvalue weighted by Crippen LogP contribution is -2.13. The Bertz CT molecular complexity index is 285. The van der Waals surface area contributed by atoms with E-state index in [4.69, 9.17) is 10.8 Å². The highest BCUT2D eigenvalue weighted by Gasteiger charge is 2.18. The zero-order valence-electron chi connectivity index (χ0n) is 8.02. The van der Waals surface area contributed by atoms with Crippen LogP contribution < -0.4 is 5.73 Å². The Morgan fingerprint density at radius 1 is 1.36 bits per heavy atom. The van der Waals surface area contributed by atoms with Gasteiger partial charge < -0.3 is 10.8 Å². The zero-order chi connectivity index (χ0) is 10.4. The molecule has 0 saturated heterocycles. The van der Waals surface area contributed by atoms with Crippen LogP contribution in [-0.4, -0.2) is 17.6 Å². The molecule has 0 fully saturated rings. The summed E-state index contributed by atoms with van der Waals surface area (Å²) in [6.07, 6.45) is 1.35. The standard InChI is InChI=1S/C11H15NO2/c12-8-4-7-10(11(13)14)9-5-2-1-3-6-9/h1-3,5-6,10H,4,7-8,12H2,(H,13,14). The third-order valence-corrected chi connectivity index (χ3v) is 2.20. The highest BCUT2D eigenvalue weighted by atomic mass is 16.4. The van der Waals surface area contributed by atoms with Gasteiger partial charge in [0.2, 0.25) is 0 Å². The molecule has 76 valence electrons. The van der Waals surface area contributed by atoms with Gasteiger partial charge in [-0.3, -0.25) is 4.79 Å².